The highest BCUT2D eigenvalue weighted by atomic mass is 35.5. The molecule has 2 aromatic rings. The fourth-order valence-corrected chi connectivity index (χ4v) is 1.57. The van der Waals surface area contributed by atoms with E-state index in [1.165, 1.54) is 0 Å². The van der Waals surface area contributed by atoms with Crippen LogP contribution in [-0.2, 0) is 6.54 Å². The van der Waals surface area contributed by atoms with Crippen molar-refractivity contribution in [2.24, 2.45) is 5.73 Å². The summed E-state index contributed by atoms with van der Waals surface area (Å²) in [6, 6.07) is 7.55. The second-order valence-corrected chi connectivity index (χ2v) is 4.06. The molecule has 17 heavy (non-hydrogen) atoms. The van der Waals surface area contributed by atoms with Gasteiger partial charge in [-0.05, 0) is 30.7 Å². The summed E-state index contributed by atoms with van der Waals surface area (Å²) in [6.45, 7) is 2.29. The first kappa shape index (κ1) is 11.8. The van der Waals surface area contributed by atoms with Crippen LogP contribution in [0, 0.1) is 6.92 Å². The Balaban J connectivity index is 2.22. The monoisotopic (exact) mass is 248 g/mol. The van der Waals surface area contributed by atoms with Gasteiger partial charge in [0.05, 0.1) is 6.54 Å². The average molecular weight is 249 g/mol. The molecule has 0 aliphatic carbocycles. The first-order chi connectivity index (χ1) is 8.19. The molecule has 1 aromatic heterocycles. The normalized spacial score (nSPS) is 10.3. The third-order valence-corrected chi connectivity index (χ3v) is 2.74. The number of hydrogen-bond donors (Lipinski definition) is 2. The van der Waals surface area contributed by atoms with Crippen LogP contribution in [0.25, 0.3) is 0 Å². The molecule has 0 amide bonds. The summed E-state index contributed by atoms with van der Waals surface area (Å²) < 4.78 is 0. The van der Waals surface area contributed by atoms with Crippen molar-refractivity contribution in [3.8, 4) is 0 Å². The van der Waals surface area contributed by atoms with Gasteiger partial charge in [-0.3, -0.25) is 0 Å². The summed E-state index contributed by atoms with van der Waals surface area (Å²) in [5.41, 5.74) is 7.42. The molecular weight excluding hydrogens is 236 g/mol. The van der Waals surface area contributed by atoms with Gasteiger partial charge in [0, 0.05) is 16.9 Å². The van der Waals surface area contributed by atoms with E-state index >= 15 is 0 Å². The summed E-state index contributed by atoms with van der Waals surface area (Å²) in [5, 5.41) is 3.88. The Kier molecular flexibility index (Phi) is 3.56. The molecule has 0 radical (unpaired) electrons. The first-order valence-corrected chi connectivity index (χ1v) is 5.62. The predicted octanol–water partition coefficient (Wildman–Crippen LogP) is 2.64. The molecule has 0 saturated carbocycles. The Morgan fingerprint density at radius 3 is 2.88 bits per heavy atom. The zero-order valence-electron chi connectivity index (χ0n) is 9.44. The van der Waals surface area contributed by atoms with Gasteiger partial charge in [-0.1, -0.05) is 17.7 Å². The van der Waals surface area contributed by atoms with Crippen LogP contribution < -0.4 is 11.1 Å². The Bertz CT molecular complexity index is 528. The van der Waals surface area contributed by atoms with E-state index < -0.39 is 0 Å². The molecule has 0 saturated heterocycles. The molecule has 0 unspecified atom stereocenters. The van der Waals surface area contributed by atoms with Gasteiger partial charge in [-0.15, -0.1) is 0 Å². The van der Waals surface area contributed by atoms with Crippen LogP contribution in [0.3, 0.4) is 0 Å². The molecule has 5 heteroatoms. The van der Waals surface area contributed by atoms with Crippen molar-refractivity contribution in [1.29, 1.82) is 0 Å². The molecule has 1 aromatic carbocycles. The minimum atomic E-state index is 0.324. The van der Waals surface area contributed by atoms with Gasteiger partial charge in [-0.2, -0.15) is 0 Å². The summed E-state index contributed by atoms with van der Waals surface area (Å²) >= 11 is 6.05. The first-order valence-electron chi connectivity index (χ1n) is 5.24. The fraction of sp³-hybridized carbons (Fsp3) is 0.167. The van der Waals surface area contributed by atoms with Crippen LogP contribution in [0.15, 0.2) is 30.5 Å². The molecule has 0 aliphatic rings. The number of nitrogens with two attached hydrogens (primary N) is 1. The highest BCUT2D eigenvalue weighted by molar-refractivity contribution is 6.31. The molecule has 0 spiro atoms. The highest BCUT2D eigenvalue weighted by Crippen LogP contribution is 2.22. The number of benzene rings is 1. The van der Waals surface area contributed by atoms with E-state index in [-0.39, 0.29) is 0 Å². The minimum Gasteiger partial charge on any atom is -0.340 e. The Morgan fingerprint density at radius 2 is 2.18 bits per heavy atom. The van der Waals surface area contributed by atoms with Crippen LogP contribution in [0.4, 0.5) is 11.5 Å². The van der Waals surface area contributed by atoms with E-state index in [1.807, 2.05) is 25.1 Å². The van der Waals surface area contributed by atoms with E-state index in [0.29, 0.717) is 18.2 Å². The smallest absolute Gasteiger partial charge is 0.144 e. The zero-order chi connectivity index (χ0) is 12.3. The molecule has 3 N–H and O–H groups in total. The number of aromatic nitrogens is 2. The van der Waals surface area contributed by atoms with Crippen molar-refractivity contribution < 1.29 is 0 Å². The van der Waals surface area contributed by atoms with Crippen molar-refractivity contribution in [3.05, 3.63) is 46.9 Å². The second kappa shape index (κ2) is 5.12. The largest absolute Gasteiger partial charge is 0.340 e. The second-order valence-electron chi connectivity index (χ2n) is 3.65. The number of hydrogen-bond acceptors (Lipinski definition) is 4. The maximum atomic E-state index is 6.05. The minimum absolute atomic E-state index is 0.324. The number of rotatable bonds is 3. The van der Waals surface area contributed by atoms with Gasteiger partial charge in [0.25, 0.3) is 0 Å². The van der Waals surface area contributed by atoms with Crippen LogP contribution in [0.1, 0.15) is 11.4 Å². The van der Waals surface area contributed by atoms with Gasteiger partial charge >= 0.3 is 0 Å². The molecule has 2 rings (SSSR count). The molecule has 0 bridgehead atoms. The highest BCUT2D eigenvalue weighted by Gasteiger charge is 2.00. The van der Waals surface area contributed by atoms with Gasteiger partial charge in [0.2, 0.25) is 0 Å². The Morgan fingerprint density at radius 1 is 1.35 bits per heavy atom. The van der Waals surface area contributed by atoms with E-state index in [2.05, 4.69) is 15.3 Å². The quantitative estimate of drug-likeness (QED) is 0.877. The molecule has 0 fully saturated rings. The summed E-state index contributed by atoms with van der Waals surface area (Å²) in [4.78, 5) is 8.28. The van der Waals surface area contributed by atoms with Crippen molar-refractivity contribution >= 4 is 23.1 Å². The van der Waals surface area contributed by atoms with Gasteiger partial charge in [0.15, 0.2) is 0 Å². The predicted molar refractivity (Wildman–Crippen MR) is 69.4 cm³/mol. The molecular formula is C12H13ClN4. The van der Waals surface area contributed by atoms with E-state index in [1.54, 1.807) is 12.3 Å². The van der Waals surface area contributed by atoms with E-state index in [0.717, 1.165) is 16.3 Å². The molecule has 1 heterocycles. The van der Waals surface area contributed by atoms with E-state index in [4.69, 9.17) is 17.3 Å². The van der Waals surface area contributed by atoms with Gasteiger partial charge in [-0.25, -0.2) is 9.97 Å². The summed E-state index contributed by atoms with van der Waals surface area (Å²) in [5.74, 6) is 1.31. The standard InChI is InChI=1S/C12H13ClN4/c1-8-2-3-9(6-10(8)13)16-11-4-5-15-12(7-14)17-11/h2-6H,7,14H2,1H3,(H,15,16,17). The number of aryl methyl sites for hydroxylation is 1. The third-order valence-electron chi connectivity index (χ3n) is 2.33. The summed E-state index contributed by atoms with van der Waals surface area (Å²) in [6.07, 6.45) is 1.67. The lowest BCUT2D eigenvalue weighted by atomic mass is 10.2. The number of nitrogens with zero attached hydrogens (tertiary/aromatic N) is 2. The molecule has 0 aliphatic heterocycles. The lowest BCUT2D eigenvalue weighted by Crippen LogP contribution is -2.04. The lowest BCUT2D eigenvalue weighted by molar-refractivity contribution is 0.912. The molecule has 4 nitrogen and oxygen atoms in total. The summed E-state index contributed by atoms with van der Waals surface area (Å²) in [7, 11) is 0. The van der Waals surface area contributed by atoms with Crippen molar-refractivity contribution in [2.45, 2.75) is 13.5 Å². The van der Waals surface area contributed by atoms with Gasteiger partial charge in [0.1, 0.15) is 11.6 Å². The number of halogens is 1. The Hall–Kier alpha value is -1.65. The molecule has 88 valence electrons. The Labute approximate surface area is 105 Å². The van der Waals surface area contributed by atoms with Crippen LogP contribution in [-0.4, -0.2) is 9.97 Å². The van der Waals surface area contributed by atoms with Crippen LogP contribution in [0.2, 0.25) is 5.02 Å². The topological polar surface area (TPSA) is 63.8 Å². The fourth-order valence-electron chi connectivity index (χ4n) is 1.39. The van der Waals surface area contributed by atoms with Crippen LogP contribution >= 0.6 is 11.6 Å². The average Bonchev–Trinajstić information content (AvgIpc) is 2.34. The maximum absolute atomic E-state index is 6.05. The van der Waals surface area contributed by atoms with Crippen LogP contribution in [0.5, 0.6) is 0 Å². The zero-order valence-corrected chi connectivity index (χ0v) is 10.2. The maximum Gasteiger partial charge on any atom is 0.144 e. The molecule has 0 atom stereocenters. The SMILES string of the molecule is Cc1ccc(Nc2ccnc(CN)n2)cc1Cl. The number of anilines is 2. The van der Waals surface area contributed by atoms with Gasteiger partial charge < -0.3 is 11.1 Å². The van der Waals surface area contributed by atoms with E-state index in [9.17, 15) is 0 Å². The third kappa shape index (κ3) is 2.93. The van der Waals surface area contributed by atoms with Crippen molar-refractivity contribution in [3.63, 3.8) is 0 Å². The lowest BCUT2D eigenvalue weighted by Gasteiger charge is -2.07. The number of nitrogens with one attached hydrogen (secondary N) is 1. The van der Waals surface area contributed by atoms with Crippen molar-refractivity contribution in [1.82, 2.24) is 9.97 Å². The van der Waals surface area contributed by atoms with Crippen molar-refractivity contribution in [2.75, 3.05) is 5.32 Å².